The molecule has 1 aromatic carbocycles. The quantitative estimate of drug-likeness (QED) is 0.514. The first-order valence-corrected chi connectivity index (χ1v) is 11.5. The Morgan fingerprint density at radius 2 is 1.85 bits per heavy atom. The molecule has 0 aliphatic carbocycles. The molecule has 188 valence electrons. The Morgan fingerprint density at radius 1 is 1.21 bits per heavy atom. The standard InChI is InChI=1S/C21H22F6N2O4S/c1-18(2,34(31,32)15-6-4-5-13(9-15)20(23,24)12-22)16-11-29(17(30)33-16)19(3)8-7-14(10-28-19)21(25,26)27/h4-7,9-10,16H,8,11-12H2,1-3H3. The second-order valence-corrected chi connectivity index (χ2v) is 11.3. The molecule has 0 N–H and O–H groups in total. The van der Waals surface area contributed by atoms with Crippen LogP contribution in [0.1, 0.15) is 32.8 Å². The molecule has 1 saturated heterocycles. The molecule has 1 fully saturated rings. The van der Waals surface area contributed by atoms with E-state index >= 15 is 0 Å². The van der Waals surface area contributed by atoms with E-state index in [0.717, 1.165) is 29.2 Å². The lowest BCUT2D eigenvalue weighted by Crippen LogP contribution is -2.50. The number of halogens is 6. The molecule has 2 atom stereocenters. The third-order valence-electron chi connectivity index (χ3n) is 6.11. The second kappa shape index (κ2) is 8.28. The molecule has 6 nitrogen and oxygen atoms in total. The van der Waals surface area contributed by atoms with Gasteiger partial charge in [-0.3, -0.25) is 9.89 Å². The maximum absolute atomic E-state index is 13.8. The molecule has 1 amide bonds. The van der Waals surface area contributed by atoms with Gasteiger partial charge in [-0.2, -0.15) is 22.0 Å². The fourth-order valence-corrected chi connectivity index (χ4v) is 5.26. The maximum Gasteiger partial charge on any atom is 0.417 e. The summed E-state index contributed by atoms with van der Waals surface area (Å²) >= 11 is 0. The van der Waals surface area contributed by atoms with Crippen molar-refractivity contribution in [2.45, 2.75) is 60.7 Å². The second-order valence-electron chi connectivity index (χ2n) is 8.79. The van der Waals surface area contributed by atoms with E-state index in [4.69, 9.17) is 4.74 Å². The first kappa shape index (κ1) is 26.0. The fourth-order valence-electron chi connectivity index (χ4n) is 3.65. The molecule has 0 aromatic heterocycles. The number of carbonyl (C=O) groups excluding carboxylic acids is 1. The molecule has 2 aliphatic rings. The van der Waals surface area contributed by atoms with Gasteiger partial charge in [0.05, 0.1) is 17.0 Å². The highest BCUT2D eigenvalue weighted by atomic mass is 32.2. The van der Waals surface area contributed by atoms with Gasteiger partial charge >= 0.3 is 18.2 Å². The van der Waals surface area contributed by atoms with Crippen molar-refractivity contribution in [2.24, 2.45) is 4.99 Å². The number of dihydropyridines is 1. The highest BCUT2D eigenvalue weighted by Crippen LogP contribution is 2.40. The molecule has 2 unspecified atom stereocenters. The van der Waals surface area contributed by atoms with Crippen molar-refractivity contribution in [1.82, 2.24) is 4.90 Å². The van der Waals surface area contributed by atoms with Gasteiger partial charge in [0, 0.05) is 18.2 Å². The van der Waals surface area contributed by atoms with Gasteiger partial charge in [-0.1, -0.05) is 18.2 Å². The van der Waals surface area contributed by atoms with Crippen LogP contribution in [0.5, 0.6) is 0 Å². The van der Waals surface area contributed by atoms with Gasteiger partial charge < -0.3 is 4.74 Å². The summed E-state index contributed by atoms with van der Waals surface area (Å²) in [6, 6.07) is 3.69. The summed E-state index contributed by atoms with van der Waals surface area (Å²) in [5.74, 6) is -3.89. The topological polar surface area (TPSA) is 76.0 Å². The molecular formula is C21H22F6N2O4S. The molecule has 3 rings (SSSR count). The number of rotatable bonds is 6. The Morgan fingerprint density at radius 3 is 2.38 bits per heavy atom. The molecule has 0 saturated carbocycles. The van der Waals surface area contributed by atoms with Crippen molar-refractivity contribution in [2.75, 3.05) is 13.2 Å². The van der Waals surface area contributed by atoms with Crippen LogP contribution in [0.4, 0.5) is 31.1 Å². The number of alkyl halides is 6. The summed E-state index contributed by atoms with van der Waals surface area (Å²) in [5.41, 5.74) is -3.24. The molecule has 0 radical (unpaired) electrons. The van der Waals surface area contributed by atoms with Crippen molar-refractivity contribution in [1.29, 1.82) is 0 Å². The van der Waals surface area contributed by atoms with Gasteiger partial charge in [-0.15, -0.1) is 0 Å². The zero-order valence-electron chi connectivity index (χ0n) is 18.4. The lowest BCUT2D eigenvalue weighted by atomic mass is 10.00. The van der Waals surface area contributed by atoms with Gasteiger partial charge in [0.2, 0.25) is 0 Å². The van der Waals surface area contributed by atoms with Crippen molar-refractivity contribution in [3.63, 3.8) is 0 Å². The molecule has 2 heterocycles. The summed E-state index contributed by atoms with van der Waals surface area (Å²) in [7, 11) is -4.40. The average molecular weight is 512 g/mol. The third-order valence-corrected chi connectivity index (χ3v) is 8.64. The highest BCUT2D eigenvalue weighted by molar-refractivity contribution is 7.92. The van der Waals surface area contributed by atoms with Crippen LogP contribution in [0.3, 0.4) is 0 Å². The Kier molecular flexibility index (Phi) is 6.34. The number of benzene rings is 1. The van der Waals surface area contributed by atoms with Crippen LogP contribution in [0, 0.1) is 0 Å². The molecule has 34 heavy (non-hydrogen) atoms. The summed E-state index contributed by atoms with van der Waals surface area (Å²) in [4.78, 5) is 16.9. The summed E-state index contributed by atoms with van der Waals surface area (Å²) in [5, 5.41) is 0. The van der Waals surface area contributed by atoms with Gasteiger partial charge in [0.15, 0.2) is 16.5 Å². The highest BCUT2D eigenvalue weighted by Gasteiger charge is 2.54. The van der Waals surface area contributed by atoms with E-state index in [1.54, 1.807) is 0 Å². The molecule has 1 aromatic rings. The van der Waals surface area contributed by atoms with E-state index in [1.807, 2.05) is 0 Å². The monoisotopic (exact) mass is 512 g/mol. The lowest BCUT2D eigenvalue weighted by molar-refractivity contribution is -0.0864. The van der Waals surface area contributed by atoms with Crippen LogP contribution in [0.2, 0.25) is 0 Å². The van der Waals surface area contributed by atoms with Crippen LogP contribution in [-0.4, -0.2) is 61.5 Å². The Labute approximate surface area is 192 Å². The van der Waals surface area contributed by atoms with Crippen molar-refractivity contribution < 1.29 is 44.3 Å². The Hall–Kier alpha value is -2.57. The van der Waals surface area contributed by atoms with Gasteiger partial charge in [-0.25, -0.2) is 17.6 Å². The summed E-state index contributed by atoms with van der Waals surface area (Å²) in [6.07, 6.45) is -5.69. The number of amides is 1. The number of aliphatic imine (C=N–C) groups is 1. The minimum Gasteiger partial charge on any atom is -0.442 e. The number of ether oxygens (including phenoxy) is 1. The molecular weight excluding hydrogens is 490 g/mol. The van der Waals surface area contributed by atoms with Gasteiger partial charge in [0.25, 0.3) is 0 Å². The molecule has 2 aliphatic heterocycles. The summed E-state index contributed by atoms with van der Waals surface area (Å²) in [6.45, 7) is 1.53. The van der Waals surface area contributed by atoms with Crippen molar-refractivity contribution in [3.8, 4) is 0 Å². The Bertz CT molecular complexity index is 1150. The Balaban J connectivity index is 1.87. The molecule has 0 spiro atoms. The van der Waals surface area contributed by atoms with Crippen LogP contribution in [0.15, 0.2) is 45.8 Å². The fraction of sp³-hybridized carbons (Fsp3) is 0.524. The SMILES string of the molecule is CC1(N2CC(C(C)(C)S(=O)(=O)c3cccc(C(F)(F)CF)c3)OC2=O)CC=C(C(F)(F)F)C=N1. The average Bonchev–Trinajstić information content (AvgIpc) is 3.16. The van der Waals surface area contributed by atoms with Crippen LogP contribution in [-0.2, 0) is 20.5 Å². The van der Waals surface area contributed by atoms with Gasteiger partial charge in [0.1, 0.15) is 16.5 Å². The van der Waals surface area contributed by atoms with E-state index in [0.29, 0.717) is 12.3 Å². The molecule has 0 bridgehead atoms. The number of hydrogen-bond donors (Lipinski definition) is 0. The van der Waals surface area contributed by atoms with E-state index in [-0.39, 0.29) is 13.0 Å². The number of hydrogen-bond acceptors (Lipinski definition) is 5. The van der Waals surface area contributed by atoms with Crippen molar-refractivity contribution >= 4 is 22.1 Å². The number of sulfone groups is 1. The van der Waals surface area contributed by atoms with E-state index in [1.165, 1.54) is 20.8 Å². The largest absolute Gasteiger partial charge is 0.442 e. The smallest absolute Gasteiger partial charge is 0.417 e. The predicted octanol–water partition coefficient (Wildman–Crippen LogP) is 4.80. The predicted molar refractivity (Wildman–Crippen MR) is 110 cm³/mol. The third kappa shape index (κ3) is 4.41. The van der Waals surface area contributed by atoms with E-state index in [9.17, 15) is 39.6 Å². The normalized spacial score (nSPS) is 24.3. The van der Waals surface area contributed by atoms with Crippen molar-refractivity contribution in [3.05, 3.63) is 41.5 Å². The number of cyclic esters (lactones) is 1. The first-order chi connectivity index (χ1) is 15.5. The van der Waals surface area contributed by atoms with E-state index in [2.05, 4.69) is 4.99 Å². The zero-order chi connectivity index (χ0) is 25.7. The first-order valence-electron chi connectivity index (χ1n) is 10.1. The van der Waals surface area contributed by atoms with Gasteiger partial charge in [-0.05, 0) is 32.9 Å². The lowest BCUT2D eigenvalue weighted by Gasteiger charge is -2.35. The van der Waals surface area contributed by atoms with E-state index < -0.39 is 67.2 Å². The minimum atomic E-state index is -4.61. The number of allylic oxidation sites excluding steroid dienone is 1. The summed E-state index contributed by atoms with van der Waals surface area (Å²) < 4.78 is 109. The van der Waals surface area contributed by atoms with Crippen LogP contribution >= 0.6 is 0 Å². The zero-order valence-corrected chi connectivity index (χ0v) is 19.2. The maximum atomic E-state index is 13.8. The molecule has 13 heteroatoms. The van der Waals surface area contributed by atoms with Crippen LogP contribution in [0.25, 0.3) is 0 Å². The van der Waals surface area contributed by atoms with Crippen LogP contribution < -0.4 is 0 Å². The number of nitrogens with zero attached hydrogens (tertiary/aromatic N) is 2. The number of carbonyl (C=O) groups is 1. The minimum absolute atomic E-state index is 0.284.